The van der Waals surface area contributed by atoms with Gasteiger partial charge in [-0.05, 0) is 61.6 Å². The molecule has 3 aromatic rings. The average molecular weight is 371 g/mol. The van der Waals surface area contributed by atoms with Crippen molar-refractivity contribution in [3.8, 4) is 0 Å². The van der Waals surface area contributed by atoms with Crippen molar-refractivity contribution in [3.05, 3.63) is 65.1 Å². The monoisotopic (exact) mass is 371 g/mol. The van der Waals surface area contributed by atoms with E-state index in [1.807, 2.05) is 4.90 Å². The Labute approximate surface area is 164 Å². The molecule has 2 saturated carbocycles. The molecule has 0 atom stereocenters. The lowest BCUT2D eigenvalue weighted by Crippen LogP contribution is -2.35. The fourth-order valence-electron chi connectivity index (χ4n) is 4.58. The third kappa shape index (κ3) is 2.70. The van der Waals surface area contributed by atoms with Crippen LogP contribution in [0.15, 0.2) is 42.6 Å². The number of para-hydroxylation sites is 1. The summed E-state index contributed by atoms with van der Waals surface area (Å²) in [5.74, 6) is 1.45. The summed E-state index contributed by atoms with van der Waals surface area (Å²) in [6.45, 7) is 1.49. The number of rotatable bonds is 4. The Balaban J connectivity index is 1.25. The van der Waals surface area contributed by atoms with E-state index < -0.39 is 0 Å². The molecule has 0 unspecified atom stereocenters. The molecule has 4 nitrogen and oxygen atoms in total. The van der Waals surface area contributed by atoms with Crippen LogP contribution in [-0.2, 0) is 0 Å². The van der Waals surface area contributed by atoms with Gasteiger partial charge in [0.2, 0.25) is 0 Å². The van der Waals surface area contributed by atoms with Gasteiger partial charge in [-0.3, -0.25) is 4.79 Å². The minimum atomic E-state index is 0.208. The third-order valence-corrected chi connectivity index (χ3v) is 6.53. The number of amides is 1. The van der Waals surface area contributed by atoms with Gasteiger partial charge in [0, 0.05) is 47.1 Å². The predicted molar refractivity (Wildman–Crippen MR) is 112 cm³/mol. The van der Waals surface area contributed by atoms with Crippen LogP contribution in [0.2, 0.25) is 0 Å². The SMILES string of the molecule is O=C(c1cc(C2CC2)[nH]c1C1CC1)N1CC=C(c2c[nH]c3ccccc23)CC1. The minimum absolute atomic E-state index is 0.208. The molecule has 0 spiro atoms. The van der Waals surface area contributed by atoms with Crippen LogP contribution in [0, 0.1) is 0 Å². The van der Waals surface area contributed by atoms with Gasteiger partial charge in [-0.15, -0.1) is 0 Å². The van der Waals surface area contributed by atoms with Gasteiger partial charge in [0.25, 0.3) is 5.91 Å². The maximum absolute atomic E-state index is 13.3. The molecule has 3 heterocycles. The fourth-order valence-corrected chi connectivity index (χ4v) is 4.58. The topological polar surface area (TPSA) is 51.9 Å². The summed E-state index contributed by atoms with van der Waals surface area (Å²) in [7, 11) is 0. The van der Waals surface area contributed by atoms with E-state index in [9.17, 15) is 4.79 Å². The first-order valence-electron chi connectivity index (χ1n) is 10.6. The molecule has 0 saturated heterocycles. The van der Waals surface area contributed by atoms with Crippen molar-refractivity contribution in [1.29, 1.82) is 0 Å². The third-order valence-electron chi connectivity index (χ3n) is 6.53. The van der Waals surface area contributed by atoms with Crippen molar-refractivity contribution in [2.75, 3.05) is 13.1 Å². The number of nitrogens with zero attached hydrogens (tertiary/aromatic N) is 1. The Morgan fingerprint density at radius 3 is 2.64 bits per heavy atom. The van der Waals surface area contributed by atoms with E-state index in [2.05, 4.69) is 52.6 Å². The first-order valence-corrected chi connectivity index (χ1v) is 10.6. The van der Waals surface area contributed by atoms with Crippen molar-refractivity contribution in [1.82, 2.24) is 14.9 Å². The van der Waals surface area contributed by atoms with E-state index in [1.165, 1.54) is 59.1 Å². The highest BCUT2D eigenvalue weighted by molar-refractivity contribution is 5.97. The van der Waals surface area contributed by atoms with Gasteiger partial charge >= 0.3 is 0 Å². The molecule has 6 rings (SSSR count). The normalized spacial score (nSPS) is 19.9. The number of nitrogens with one attached hydrogen (secondary N) is 2. The van der Waals surface area contributed by atoms with Crippen LogP contribution in [-0.4, -0.2) is 33.9 Å². The summed E-state index contributed by atoms with van der Waals surface area (Å²) in [5.41, 5.74) is 7.23. The van der Waals surface area contributed by atoms with E-state index >= 15 is 0 Å². The molecule has 0 bridgehead atoms. The van der Waals surface area contributed by atoms with Gasteiger partial charge in [-0.25, -0.2) is 0 Å². The number of aromatic nitrogens is 2. The van der Waals surface area contributed by atoms with E-state index in [4.69, 9.17) is 0 Å². The van der Waals surface area contributed by atoms with E-state index in [-0.39, 0.29) is 5.91 Å². The highest BCUT2D eigenvalue weighted by atomic mass is 16.2. The van der Waals surface area contributed by atoms with Crippen molar-refractivity contribution >= 4 is 22.4 Å². The minimum Gasteiger partial charge on any atom is -0.361 e. The number of H-pyrrole nitrogens is 2. The highest BCUT2D eigenvalue weighted by Gasteiger charge is 2.35. The van der Waals surface area contributed by atoms with Gasteiger partial charge in [0.15, 0.2) is 0 Å². The lowest BCUT2D eigenvalue weighted by Gasteiger charge is -2.26. The molecule has 2 aromatic heterocycles. The molecular formula is C24H25N3O. The Bertz CT molecular complexity index is 1090. The zero-order valence-corrected chi connectivity index (χ0v) is 16.0. The highest BCUT2D eigenvalue weighted by Crippen LogP contribution is 2.46. The molecule has 1 aliphatic heterocycles. The first-order chi connectivity index (χ1) is 13.8. The second-order valence-electron chi connectivity index (χ2n) is 8.58. The predicted octanol–water partition coefficient (Wildman–Crippen LogP) is 5.18. The van der Waals surface area contributed by atoms with Crippen LogP contribution in [0.1, 0.15) is 71.2 Å². The Morgan fingerprint density at radius 2 is 1.89 bits per heavy atom. The van der Waals surface area contributed by atoms with E-state index in [0.29, 0.717) is 18.4 Å². The average Bonchev–Trinajstić information content (AvgIpc) is 3.68. The first kappa shape index (κ1) is 16.2. The number of carbonyl (C=O) groups is 1. The molecule has 0 radical (unpaired) electrons. The van der Waals surface area contributed by atoms with Gasteiger partial charge in [-0.1, -0.05) is 24.3 Å². The van der Waals surface area contributed by atoms with Gasteiger partial charge in [-0.2, -0.15) is 0 Å². The lowest BCUT2D eigenvalue weighted by atomic mass is 9.98. The summed E-state index contributed by atoms with van der Waals surface area (Å²) in [5, 5.41) is 1.27. The largest absolute Gasteiger partial charge is 0.361 e. The summed E-state index contributed by atoms with van der Waals surface area (Å²) in [4.78, 5) is 22.3. The summed E-state index contributed by atoms with van der Waals surface area (Å²) in [6, 6.07) is 10.6. The molecular weight excluding hydrogens is 346 g/mol. The maximum atomic E-state index is 13.3. The number of aromatic amines is 2. The van der Waals surface area contributed by atoms with Gasteiger partial charge in [0.1, 0.15) is 0 Å². The number of benzene rings is 1. The second kappa shape index (κ2) is 6.13. The van der Waals surface area contributed by atoms with Crippen molar-refractivity contribution in [3.63, 3.8) is 0 Å². The van der Waals surface area contributed by atoms with Crippen molar-refractivity contribution in [2.45, 2.75) is 43.9 Å². The van der Waals surface area contributed by atoms with E-state index in [1.54, 1.807) is 0 Å². The van der Waals surface area contributed by atoms with Gasteiger partial charge in [0.05, 0.1) is 5.56 Å². The van der Waals surface area contributed by atoms with Crippen LogP contribution < -0.4 is 0 Å². The molecule has 142 valence electrons. The summed E-state index contributed by atoms with van der Waals surface area (Å²) < 4.78 is 0. The molecule has 2 N–H and O–H groups in total. The summed E-state index contributed by atoms with van der Waals surface area (Å²) in [6.07, 6.45) is 10.2. The molecule has 1 amide bonds. The van der Waals surface area contributed by atoms with Crippen LogP contribution >= 0.6 is 0 Å². The Hall–Kier alpha value is -2.75. The van der Waals surface area contributed by atoms with Gasteiger partial charge < -0.3 is 14.9 Å². The Kier molecular flexibility index (Phi) is 3.55. The molecule has 4 heteroatoms. The zero-order chi connectivity index (χ0) is 18.7. The second-order valence-corrected chi connectivity index (χ2v) is 8.58. The number of hydrogen-bond acceptors (Lipinski definition) is 1. The number of fused-ring (bicyclic) bond motifs is 1. The van der Waals surface area contributed by atoms with E-state index in [0.717, 1.165) is 18.5 Å². The lowest BCUT2D eigenvalue weighted by molar-refractivity contribution is 0.0772. The molecule has 1 aromatic carbocycles. The molecule has 28 heavy (non-hydrogen) atoms. The fraction of sp³-hybridized carbons (Fsp3) is 0.375. The standard InChI is InChI=1S/C24H25N3O/c28-24(19-13-22(16-5-6-16)26-23(19)17-7-8-17)27-11-9-15(10-12-27)20-14-25-21-4-2-1-3-18(20)21/h1-4,9,13-14,16-17,25-26H,5-8,10-12H2. The van der Waals surface area contributed by atoms with Crippen molar-refractivity contribution < 1.29 is 4.79 Å². The number of carbonyl (C=O) groups excluding carboxylic acids is 1. The smallest absolute Gasteiger partial charge is 0.255 e. The van der Waals surface area contributed by atoms with Crippen LogP contribution in [0.25, 0.3) is 16.5 Å². The quantitative estimate of drug-likeness (QED) is 0.652. The zero-order valence-electron chi connectivity index (χ0n) is 16.0. The van der Waals surface area contributed by atoms with Crippen molar-refractivity contribution in [2.24, 2.45) is 0 Å². The van der Waals surface area contributed by atoms with Crippen LogP contribution in [0.3, 0.4) is 0 Å². The maximum Gasteiger partial charge on any atom is 0.255 e. The molecule has 2 aliphatic carbocycles. The molecule has 3 aliphatic rings. The number of hydrogen-bond donors (Lipinski definition) is 2. The van der Waals surface area contributed by atoms with Crippen LogP contribution in [0.4, 0.5) is 0 Å². The molecule has 2 fully saturated rings. The summed E-state index contributed by atoms with van der Waals surface area (Å²) >= 11 is 0. The Morgan fingerprint density at radius 1 is 1.07 bits per heavy atom. The van der Waals surface area contributed by atoms with Crippen LogP contribution in [0.5, 0.6) is 0 Å².